The fourth-order valence-electron chi connectivity index (χ4n) is 4.21. The molecule has 3 aromatic rings. The van der Waals surface area contributed by atoms with Gasteiger partial charge < -0.3 is 5.32 Å². The van der Waals surface area contributed by atoms with Crippen LogP contribution in [-0.4, -0.2) is 43.9 Å². The molecule has 180 valence electrons. The Morgan fingerprint density at radius 3 is 2.44 bits per heavy atom. The number of aromatic nitrogens is 3. The molecule has 1 atom stereocenters. The van der Waals surface area contributed by atoms with Gasteiger partial charge in [0.15, 0.2) is 11.0 Å². The van der Waals surface area contributed by atoms with Crippen molar-refractivity contribution in [1.82, 2.24) is 19.7 Å². The number of hydrogen-bond donors (Lipinski definition) is 1. The van der Waals surface area contributed by atoms with Crippen LogP contribution in [-0.2, 0) is 11.3 Å². The molecule has 1 fully saturated rings. The van der Waals surface area contributed by atoms with Gasteiger partial charge in [0, 0.05) is 11.4 Å². The number of nitrogens with zero attached hydrogens (tertiary/aromatic N) is 4. The Morgan fingerprint density at radius 2 is 1.74 bits per heavy atom. The number of piperidine rings is 1. The minimum Gasteiger partial charge on any atom is -0.325 e. The number of carbonyl (C=O) groups excluding carboxylic acids is 1. The molecular formula is C26H32FN5OS. The Morgan fingerprint density at radius 1 is 1.03 bits per heavy atom. The summed E-state index contributed by atoms with van der Waals surface area (Å²) in [6, 6.07) is 14.2. The van der Waals surface area contributed by atoms with E-state index in [1.165, 1.54) is 43.2 Å². The summed E-state index contributed by atoms with van der Waals surface area (Å²) in [7, 11) is 0. The van der Waals surface area contributed by atoms with Crippen molar-refractivity contribution >= 4 is 23.4 Å². The van der Waals surface area contributed by atoms with Crippen LogP contribution in [0.1, 0.15) is 57.3 Å². The molecule has 1 unspecified atom stereocenters. The number of halogens is 1. The van der Waals surface area contributed by atoms with Crippen molar-refractivity contribution in [3.05, 3.63) is 65.7 Å². The Balaban J connectivity index is 1.55. The second-order valence-corrected chi connectivity index (χ2v) is 10.3. The molecule has 1 aliphatic rings. The molecule has 1 aliphatic heterocycles. The topological polar surface area (TPSA) is 63.1 Å². The first-order valence-electron chi connectivity index (χ1n) is 11.9. The molecule has 0 spiro atoms. The van der Waals surface area contributed by atoms with Crippen LogP contribution in [0.3, 0.4) is 0 Å². The summed E-state index contributed by atoms with van der Waals surface area (Å²) in [6.07, 6.45) is 3.62. The maximum absolute atomic E-state index is 13.6. The van der Waals surface area contributed by atoms with Gasteiger partial charge in [-0.05, 0) is 74.7 Å². The average molecular weight is 482 g/mol. The molecular weight excluding hydrogens is 449 g/mol. The van der Waals surface area contributed by atoms with Crippen LogP contribution < -0.4 is 5.32 Å². The minimum absolute atomic E-state index is 0.0932. The van der Waals surface area contributed by atoms with E-state index in [1.54, 1.807) is 12.1 Å². The zero-order valence-electron chi connectivity index (χ0n) is 20.0. The number of amides is 1. The highest BCUT2D eigenvalue weighted by molar-refractivity contribution is 8.00. The van der Waals surface area contributed by atoms with Crippen LogP contribution in [0.25, 0.3) is 5.69 Å². The van der Waals surface area contributed by atoms with E-state index in [1.807, 2.05) is 35.8 Å². The molecule has 0 radical (unpaired) electrons. The Bertz CT molecular complexity index is 1110. The highest BCUT2D eigenvalue weighted by atomic mass is 32.2. The maximum atomic E-state index is 13.6. The van der Waals surface area contributed by atoms with Gasteiger partial charge in [0.2, 0.25) is 5.91 Å². The van der Waals surface area contributed by atoms with Crippen molar-refractivity contribution in [2.45, 2.75) is 62.9 Å². The summed E-state index contributed by atoms with van der Waals surface area (Å²) in [4.78, 5) is 15.4. The van der Waals surface area contributed by atoms with Gasteiger partial charge in [-0.15, -0.1) is 10.2 Å². The van der Waals surface area contributed by atoms with Crippen LogP contribution in [0.15, 0.2) is 53.7 Å². The fraction of sp³-hybridized carbons (Fsp3) is 0.423. The van der Waals surface area contributed by atoms with Gasteiger partial charge in [0.1, 0.15) is 5.82 Å². The molecule has 2 heterocycles. The lowest BCUT2D eigenvalue weighted by atomic mass is 10.0. The van der Waals surface area contributed by atoms with Crippen molar-refractivity contribution in [2.24, 2.45) is 0 Å². The Kier molecular flexibility index (Phi) is 8.00. The van der Waals surface area contributed by atoms with Crippen molar-refractivity contribution in [1.29, 1.82) is 0 Å². The molecule has 0 aliphatic carbocycles. The van der Waals surface area contributed by atoms with E-state index in [0.29, 0.717) is 17.6 Å². The quantitative estimate of drug-likeness (QED) is 0.422. The largest absolute Gasteiger partial charge is 0.325 e. The minimum atomic E-state index is -0.397. The number of para-hydroxylation sites is 1. The highest BCUT2D eigenvalue weighted by Gasteiger charge is 2.23. The average Bonchev–Trinajstić information content (AvgIpc) is 3.22. The van der Waals surface area contributed by atoms with Crippen LogP contribution in [0.2, 0.25) is 0 Å². The first kappa shape index (κ1) is 24.4. The van der Waals surface area contributed by atoms with E-state index in [-0.39, 0.29) is 11.7 Å². The molecule has 1 N–H and O–H groups in total. The predicted molar refractivity (Wildman–Crippen MR) is 135 cm³/mol. The normalized spacial score (nSPS) is 15.4. The van der Waals surface area contributed by atoms with E-state index in [4.69, 9.17) is 0 Å². The van der Waals surface area contributed by atoms with Gasteiger partial charge in [-0.25, -0.2) is 4.39 Å². The van der Waals surface area contributed by atoms with E-state index in [2.05, 4.69) is 34.3 Å². The van der Waals surface area contributed by atoms with Crippen LogP contribution in [0.4, 0.5) is 10.1 Å². The van der Waals surface area contributed by atoms with Crippen LogP contribution in [0, 0.1) is 5.82 Å². The summed E-state index contributed by atoms with van der Waals surface area (Å²) in [5.74, 6) is 0.719. The molecule has 1 amide bonds. The Labute approximate surface area is 205 Å². The van der Waals surface area contributed by atoms with Crippen LogP contribution >= 0.6 is 11.8 Å². The highest BCUT2D eigenvalue weighted by Crippen LogP contribution is 2.29. The summed E-state index contributed by atoms with van der Waals surface area (Å²) < 4.78 is 15.6. The second kappa shape index (κ2) is 11.1. The third-order valence-corrected chi connectivity index (χ3v) is 7.13. The number of nitrogens with one attached hydrogen (secondary N) is 1. The molecule has 2 aromatic carbocycles. The lowest BCUT2D eigenvalue weighted by molar-refractivity contribution is -0.115. The first-order valence-corrected chi connectivity index (χ1v) is 12.8. The fourth-order valence-corrected chi connectivity index (χ4v) is 5.09. The number of thioether (sulfide) groups is 1. The smallest absolute Gasteiger partial charge is 0.237 e. The number of carbonyl (C=O) groups is 1. The zero-order valence-corrected chi connectivity index (χ0v) is 20.8. The monoisotopic (exact) mass is 481 g/mol. The van der Waals surface area contributed by atoms with Gasteiger partial charge in [0.25, 0.3) is 0 Å². The van der Waals surface area contributed by atoms with Crippen molar-refractivity contribution in [3.8, 4) is 5.69 Å². The van der Waals surface area contributed by atoms with Crippen LogP contribution in [0.5, 0.6) is 0 Å². The first-order chi connectivity index (χ1) is 16.4. The number of likely N-dealkylation sites (tertiary alicyclic amines) is 1. The summed E-state index contributed by atoms with van der Waals surface area (Å²) in [5, 5.41) is 12.2. The number of hydrogen-bond acceptors (Lipinski definition) is 5. The molecule has 6 nitrogen and oxygen atoms in total. The van der Waals surface area contributed by atoms with Crippen molar-refractivity contribution in [3.63, 3.8) is 0 Å². The maximum Gasteiger partial charge on any atom is 0.237 e. The predicted octanol–water partition coefficient (Wildman–Crippen LogP) is 5.64. The number of anilines is 1. The van der Waals surface area contributed by atoms with Gasteiger partial charge in [-0.3, -0.25) is 14.3 Å². The molecule has 0 bridgehead atoms. The van der Waals surface area contributed by atoms with E-state index < -0.39 is 5.25 Å². The zero-order chi connectivity index (χ0) is 24.1. The van der Waals surface area contributed by atoms with Gasteiger partial charge in [-0.2, -0.15) is 0 Å². The third-order valence-electron chi connectivity index (χ3n) is 6.09. The number of rotatable bonds is 8. The number of benzene rings is 2. The summed E-state index contributed by atoms with van der Waals surface area (Å²) in [5.41, 5.74) is 2.73. The molecule has 8 heteroatoms. The summed E-state index contributed by atoms with van der Waals surface area (Å²) in [6.45, 7) is 8.83. The van der Waals surface area contributed by atoms with E-state index in [0.717, 1.165) is 35.9 Å². The van der Waals surface area contributed by atoms with E-state index >= 15 is 0 Å². The molecule has 0 saturated carbocycles. The lowest BCUT2D eigenvalue weighted by Gasteiger charge is -2.26. The van der Waals surface area contributed by atoms with E-state index in [9.17, 15) is 9.18 Å². The Hall–Kier alpha value is -2.71. The molecule has 34 heavy (non-hydrogen) atoms. The third kappa shape index (κ3) is 5.85. The molecule has 4 rings (SSSR count). The molecule has 1 saturated heterocycles. The second-order valence-electron chi connectivity index (χ2n) is 9.04. The van der Waals surface area contributed by atoms with Gasteiger partial charge >= 0.3 is 0 Å². The molecule has 1 aromatic heterocycles. The lowest BCUT2D eigenvalue weighted by Crippen LogP contribution is -2.30. The van der Waals surface area contributed by atoms with Crippen molar-refractivity contribution in [2.75, 3.05) is 18.4 Å². The van der Waals surface area contributed by atoms with Crippen molar-refractivity contribution < 1.29 is 9.18 Å². The standard InChI is InChI=1S/C26H32FN5OS/c1-18(2)22-9-5-6-10-23(22)28-25(33)19(3)34-26-30-29-24(17-31-15-7-4-8-16-31)32(26)21-13-11-20(27)12-14-21/h5-6,9-14,18-19H,4,7-8,15-17H2,1-3H3,(H,28,33). The summed E-state index contributed by atoms with van der Waals surface area (Å²) >= 11 is 1.36. The van der Waals surface area contributed by atoms with Gasteiger partial charge in [0.05, 0.1) is 11.8 Å². The van der Waals surface area contributed by atoms with Gasteiger partial charge in [-0.1, -0.05) is 50.2 Å². The SMILES string of the molecule is CC(Sc1nnc(CN2CCCCC2)n1-c1ccc(F)cc1)C(=O)Nc1ccccc1C(C)C.